The predicted octanol–water partition coefficient (Wildman–Crippen LogP) is 8.15. The number of aryl methyl sites for hydroxylation is 1. The van der Waals surface area contributed by atoms with Gasteiger partial charge in [0.1, 0.15) is 41.5 Å². The molecule has 1 atom stereocenters. The Kier molecular flexibility index (Phi) is 16.7. The molecular formula is C39H52F2N2O7. The number of carbonyl (C=O) groups excluding carboxylic acids is 3. The number of benzene rings is 3. The topological polar surface area (TPSA) is 103 Å². The van der Waals surface area contributed by atoms with Gasteiger partial charge in [0.2, 0.25) is 5.91 Å². The van der Waals surface area contributed by atoms with Crippen LogP contribution in [0.3, 0.4) is 0 Å². The van der Waals surface area contributed by atoms with E-state index in [9.17, 15) is 23.2 Å². The molecule has 50 heavy (non-hydrogen) atoms. The lowest BCUT2D eigenvalue weighted by Crippen LogP contribution is -2.54. The first kappa shape index (κ1) is 41.5. The molecule has 4 rings (SSSR count). The molecule has 2 amide bonds. The Labute approximate surface area is 295 Å². The molecule has 0 fully saturated rings. The quantitative estimate of drug-likeness (QED) is 0.134. The van der Waals surface area contributed by atoms with Crippen molar-refractivity contribution >= 4 is 18.3 Å². The second-order valence-corrected chi connectivity index (χ2v) is 12.5. The highest BCUT2D eigenvalue weighted by Crippen LogP contribution is 2.34. The third kappa shape index (κ3) is 12.0. The Morgan fingerprint density at radius 3 is 2.14 bits per heavy atom. The SMILES string of the molecule is CCC(C)CC.CCCC(C(=O)NC(C)(C)OC=O)N1Cc2c(OCc3cc(OC)ccc3F)cccc2C1=O.COc1ccc(F)c(C)c1. The summed E-state index contributed by atoms with van der Waals surface area (Å²) in [7, 11) is 3.06. The summed E-state index contributed by atoms with van der Waals surface area (Å²) in [4.78, 5) is 38.4. The van der Waals surface area contributed by atoms with Crippen LogP contribution in [-0.4, -0.2) is 49.2 Å². The molecule has 3 aromatic carbocycles. The van der Waals surface area contributed by atoms with Crippen LogP contribution in [0.1, 0.15) is 94.3 Å². The minimum Gasteiger partial charge on any atom is -0.497 e. The van der Waals surface area contributed by atoms with Gasteiger partial charge in [-0.3, -0.25) is 14.4 Å². The van der Waals surface area contributed by atoms with Crippen LogP contribution in [0, 0.1) is 24.5 Å². The molecule has 0 aromatic heterocycles. The van der Waals surface area contributed by atoms with E-state index in [1.54, 1.807) is 64.3 Å². The van der Waals surface area contributed by atoms with Gasteiger partial charge in [0, 0.05) is 16.7 Å². The first-order valence-electron chi connectivity index (χ1n) is 16.9. The molecule has 1 aliphatic rings. The van der Waals surface area contributed by atoms with Crippen LogP contribution < -0.4 is 19.5 Å². The van der Waals surface area contributed by atoms with Gasteiger partial charge in [-0.05, 0) is 87.2 Å². The van der Waals surface area contributed by atoms with E-state index in [1.807, 2.05) is 6.92 Å². The molecule has 1 unspecified atom stereocenters. The third-order valence-corrected chi connectivity index (χ3v) is 8.36. The zero-order valence-electron chi connectivity index (χ0n) is 30.7. The van der Waals surface area contributed by atoms with E-state index >= 15 is 0 Å². The lowest BCUT2D eigenvalue weighted by Gasteiger charge is -2.31. The molecule has 0 saturated carbocycles. The molecule has 274 valence electrons. The number of methoxy groups -OCH3 is 2. The molecule has 1 aliphatic heterocycles. The number of rotatable bonds is 14. The number of hydrogen-bond acceptors (Lipinski definition) is 7. The number of halogens is 2. The minimum absolute atomic E-state index is 0.0518. The maximum Gasteiger partial charge on any atom is 0.295 e. The fourth-order valence-electron chi connectivity index (χ4n) is 4.92. The van der Waals surface area contributed by atoms with Crippen LogP contribution in [0.2, 0.25) is 0 Å². The summed E-state index contributed by atoms with van der Waals surface area (Å²) in [6, 6.07) is 13.4. The molecule has 0 spiro atoms. The standard InChI is InChI=1S/C25H29FN2O6.C8H9FO.C6H14/c1-5-7-21(23(30)27-25(2,3)34-15-29)28-13-19-18(24(28)31)8-6-9-22(19)33-14-16-12-17(32-4)10-11-20(16)26;1-6-5-7(10-2)3-4-8(6)9;1-4-6(3)5-2/h6,8-12,15,21H,5,7,13-14H2,1-4H3,(H,27,30);3-5H,1-2H3;6H,4-5H2,1-3H3. The van der Waals surface area contributed by atoms with Crippen LogP contribution in [0.25, 0.3) is 0 Å². The average Bonchev–Trinajstić information content (AvgIpc) is 3.43. The maximum absolute atomic E-state index is 14.2. The fraction of sp³-hybridized carbons (Fsp3) is 0.462. The molecule has 1 N–H and O–H groups in total. The van der Waals surface area contributed by atoms with Crippen LogP contribution in [0.15, 0.2) is 54.6 Å². The van der Waals surface area contributed by atoms with E-state index in [0.29, 0.717) is 52.3 Å². The molecule has 0 bridgehead atoms. The Balaban J connectivity index is 0.000000444. The van der Waals surface area contributed by atoms with E-state index in [2.05, 4.69) is 26.1 Å². The summed E-state index contributed by atoms with van der Waals surface area (Å²) in [5.74, 6) is 1.24. The lowest BCUT2D eigenvalue weighted by atomic mass is 10.1. The summed E-state index contributed by atoms with van der Waals surface area (Å²) >= 11 is 0. The number of nitrogens with one attached hydrogen (secondary N) is 1. The van der Waals surface area contributed by atoms with Gasteiger partial charge in [-0.15, -0.1) is 0 Å². The van der Waals surface area contributed by atoms with Gasteiger partial charge in [0.25, 0.3) is 12.4 Å². The highest BCUT2D eigenvalue weighted by Gasteiger charge is 2.39. The van der Waals surface area contributed by atoms with Gasteiger partial charge < -0.3 is 29.2 Å². The first-order valence-corrected chi connectivity index (χ1v) is 16.9. The third-order valence-electron chi connectivity index (χ3n) is 8.36. The van der Waals surface area contributed by atoms with Crippen molar-refractivity contribution in [1.29, 1.82) is 0 Å². The molecule has 1 heterocycles. The normalized spacial score (nSPS) is 12.5. The summed E-state index contributed by atoms with van der Waals surface area (Å²) in [5.41, 5.74) is 0.780. The van der Waals surface area contributed by atoms with Crippen molar-refractivity contribution in [3.63, 3.8) is 0 Å². The van der Waals surface area contributed by atoms with Gasteiger partial charge in [-0.2, -0.15) is 0 Å². The van der Waals surface area contributed by atoms with Gasteiger partial charge in [0.05, 0.1) is 20.8 Å². The summed E-state index contributed by atoms with van der Waals surface area (Å²) in [6.07, 6.45) is 3.74. The second-order valence-electron chi connectivity index (χ2n) is 12.5. The molecule has 0 saturated heterocycles. The zero-order valence-corrected chi connectivity index (χ0v) is 30.7. The smallest absolute Gasteiger partial charge is 0.295 e. The molecule has 3 aromatic rings. The molecule has 0 radical (unpaired) electrons. The molecule has 9 nitrogen and oxygen atoms in total. The summed E-state index contributed by atoms with van der Waals surface area (Å²) < 4.78 is 47.6. The number of fused-ring (bicyclic) bond motifs is 1. The van der Waals surface area contributed by atoms with Gasteiger partial charge in [-0.25, -0.2) is 8.78 Å². The number of ether oxygens (including phenoxy) is 4. The van der Waals surface area contributed by atoms with E-state index in [-0.39, 0.29) is 31.3 Å². The number of nitrogens with zero attached hydrogens (tertiary/aromatic N) is 1. The zero-order chi connectivity index (χ0) is 37.4. The highest BCUT2D eigenvalue weighted by molar-refractivity contribution is 6.01. The lowest BCUT2D eigenvalue weighted by molar-refractivity contribution is -0.148. The van der Waals surface area contributed by atoms with Crippen molar-refractivity contribution in [3.8, 4) is 17.2 Å². The van der Waals surface area contributed by atoms with Gasteiger partial charge >= 0.3 is 0 Å². The van der Waals surface area contributed by atoms with Crippen molar-refractivity contribution in [2.75, 3.05) is 14.2 Å². The minimum atomic E-state index is -1.21. The highest BCUT2D eigenvalue weighted by atomic mass is 19.1. The van der Waals surface area contributed by atoms with Crippen molar-refractivity contribution in [1.82, 2.24) is 10.2 Å². The Bertz CT molecular complexity index is 1560. The van der Waals surface area contributed by atoms with Gasteiger partial charge in [-0.1, -0.05) is 53.0 Å². The van der Waals surface area contributed by atoms with Crippen molar-refractivity contribution < 1.29 is 42.1 Å². The van der Waals surface area contributed by atoms with Gasteiger partial charge in [0.15, 0.2) is 5.72 Å². The first-order chi connectivity index (χ1) is 23.7. The van der Waals surface area contributed by atoms with Crippen molar-refractivity contribution in [3.05, 3.63) is 88.5 Å². The van der Waals surface area contributed by atoms with Crippen LogP contribution in [0.4, 0.5) is 8.78 Å². The van der Waals surface area contributed by atoms with Crippen LogP contribution in [-0.2, 0) is 27.5 Å². The van der Waals surface area contributed by atoms with E-state index in [1.165, 1.54) is 43.1 Å². The number of carbonyl (C=O) groups is 3. The number of amides is 2. The largest absolute Gasteiger partial charge is 0.497 e. The summed E-state index contributed by atoms with van der Waals surface area (Å²) in [6.45, 7) is 13.8. The molecule has 0 aliphatic carbocycles. The number of hydrogen-bond donors (Lipinski definition) is 1. The van der Waals surface area contributed by atoms with Crippen LogP contribution in [0.5, 0.6) is 17.2 Å². The van der Waals surface area contributed by atoms with Crippen molar-refractivity contribution in [2.45, 2.75) is 99.1 Å². The maximum atomic E-state index is 14.2. The van der Waals surface area contributed by atoms with E-state index in [0.717, 1.165) is 5.92 Å². The van der Waals surface area contributed by atoms with E-state index < -0.39 is 23.5 Å². The molecular weight excluding hydrogens is 646 g/mol. The Morgan fingerprint density at radius 1 is 0.980 bits per heavy atom. The van der Waals surface area contributed by atoms with Crippen LogP contribution >= 0.6 is 0 Å². The summed E-state index contributed by atoms with van der Waals surface area (Å²) in [5, 5.41) is 2.67. The van der Waals surface area contributed by atoms with E-state index in [4.69, 9.17) is 18.9 Å². The fourth-order valence-corrected chi connectivity index (χ4v) is 4.92. The average molecular weight is 699 g/mol. The predicted molar refractivity (Wildman–Crippen MR) is 189 cm³/mol. The monoisotopic (exact) mass is 698 g/mol. The Hall–Kier alpha value is -4.67. The van der Waals surface area contributed by atoms with Crippen molar-refractivity contribution in [2.24, 2.45) is 5.92 Å². The second kappa shape index (κ2) is 20.1. The Morgan fingerprint density at radius 2 is 1.60 bits per heavy atom. The molecule has 11 heteroatoms.